The smallest absolute Gasteiger partial charge is 0.260 e. The van der Waals surface area contributed by atoms with E-state index in [1.54, 1.807) is 9.80 Å². The van der Waals surface area contributed by atoms with Gasteiger partial charge in [-0.05, 0) is 24.1 Å². The van der Waals surface area contributed by atoms with E-state index in [0.29, 0.717) is 31.9 Å². The fourth-order valence-corrected chi connectivity index (χ4v) is 2.13. The normalized spacial score (nSPS) is 15.1. The summed E-state index contributed by atoms with van der Waals surface area (Å²) in [6, 6.07) is 7.78. The fourth-order valence-electron chi connectivity index (χ4n) is 2.13. The second kappa shape index (κ2) is 6.93. The number of nitrogens with zero attached hydrogens (tertiary/aromatic N) is 2. The Hall–Kier alpha value is -2.04. The number of hydrogen-bond donors (Lipinski definition) is 0. The number of carbonyl (C=O) groups excluding carboxylic acids is 2. The second-order valence-corrected chi connectivity index (χ2v) is 4.81. The molecule has 0 saturated carbocycles. The summed E-state index contributed by atoms with van der Waals surface area (Å²) in [6.45, 7) is 4.50. The van der Waals surface area contributed by atoms with Gasteiger partial charge >= 0.3 is 0 Å². The third-order valence-corrected chi connectivity index (χ3v) is 3.51. The van der Waals surface area contributed by atoms with Crippen LogP contribution in [0.1, 0.15) is 12.5 Å². The van der Waals surface area contributed by atoms with Crippen LogP contribution in [0.4, 0.5) is 0 Å². The molecule has 108 valence electrons. The van der Waals surface area contributed by atoms with Gasteiger partial charge in [-0.15, -0.1) is 0 Å². The molecular weight excluding hydrogens is 256 g/mol. The van der Waals surface area contributed by atoms with Crippen molar-refractivity contribution in [2.75, 3.05) is 32.8 Å². The number of aryl methyl sites for hydroxylation is 1. The zero-order valence-corrected chi connectivity index (χ0v) is 11.7. The highest BCUT2D eigenvalue weighted by atomic mass is 16.5. The van der Waals surface area contributed by atoms with Gasteiger partial charge in [0.1, 0.15) is 5.75 Å². The van der Waals surface area contributed by atoms with E-state index in [-0.39, 0.29) is 12.5 Å². The summed E-state index contributed by atoms with van der Waals surface area (Å²) < 4.78 is 5.50. The second-order valence-electron chi connectivity index (χ2n) is 4.81. The van der Waals surface area contributed by atoms with Crippen LogP contribution in [-0.4, -0.2) is 54.9 Å². The standard InChI is InChI=1S/C15H20N2O3/c1-2-13-3-5-14(6-4-13)20-11-15(19)17-9-7-16(12-18)8-10-17/h3-6,12H,2,7-11H2,1H3. The van der Waals surface area contributed by atoms with Crippen molar-refractivity contribution in [3.05, 3.63) is 29.8 Å². The molecule has 0 spiro atoms. The lowest BCUT2D eigenvalue weighted by atomic mass is 10.2. The maximum absolute atomic E-state index is 12.0. The van der Waals surface area contributed by atoms with Gasteiger partial charge in [0, 0.05) is 26.2 Å². The van der Waals surface area contributed by atoms with Crippen LogP contribution in [0.15, 0.2) is 24.3 Å². The molecule has 1 saturated heterocycles. The number of amides is 2. The number of hydrogen-bond acceptors (Lipinski definition) is 3. The first-order valence-corrected chi connectivity index (χ1v) is 6.91. The Morgan fingerprint density at radius 1 is 1.20 bits per heavy atom. The van der Waals surface area contributed by atoms with Gasteiger partial charge in [0.2, 0.25) is 6.41 Å². The van der Waals surface area contributed by atoms with Gasteiger partial charge in [0.05, 0.1) is 0 Å². The average molecular weight is 276 g/mol. The molecule has 1 aromatic carbocycles. The van der Waals surface area contributed by atoms with E-state index in [1.165, 1.54) is 5.56 Å². The van der Waals surface area contributed by atoms with Gasteiger partial charge in [-0.2, -0.15) is 0 Å². The Labute approximate surface area is 119 Å². The molecule has 0 bridgehead atoms. The number of piperazine rings is 1. The van der Waals surface area contributed by atoms with Crippen LogP contribution < -0.4 is 4.74 Å². The molecule has 1 aromatic rings. The van der Waals surface area contributed by atoms with Gasteiger partial charge in [-0.3, -0.25) is 9.59 Å². The van der Waals surface area contributed by atoms with E-state index in [9.17, 15) is 9.59 Å². The number of carbonyl (C=O) groups is 2. The van der Waals surface area contributed by atoms with Crippen molar-refractivity contribution < 1.29 is 14.3 Å². The molecule has 0 atom stereocenters. The molecule has 0 radical (unpaired) electrons. The van der Waals surface area contributed by atoms with E-state index in [0.717, 1.165) is 12.8 Å². The lowest BCUT2D eigenvalue weighted by Gasteiger charge is -2.32. The van der Waals surface area contributed by atoms with Gasteiger partial charge in [0.15, 0.2) is 6.61 Å². The lowest BCUT2D eigenvalue weighted by molar-refractivity contribution is -0.137. The predicted molar refractivity (Wildman–Crippen MR) is 75.5 cm³/mol. The van der Waals surface area contributed by atoms with Gasteiger partial charge in [-0.25, -0.2) is 0 Å². The average Bonchev–Trinajstić information content (AvgIpc) is 2.53. The first-order chi connectivity index (χ1) is 9.72. The number of benzene rings is 1. The van der Waals surface area contributed by atoms with Crippen LogP contribution in [0.25, 0.3) is 0 Å². The summed E-state index contributed by atoms with van der Waals surface area (Å²) in [4.78, 5) is 26.0. The predicted octanol–water partition coefficient (Wildman–Crippen LogP) is 0.928. The van der Waals surface area contributed by atoms with Crippen molar-refractivity contribution in [2.24, 2.45) is 0 Å². The molecule has 0 N–H and O–H groups in total. The SMILES string of the molecule is CCc1ccc(OCC(=O)N2CCN(C=O)CC2)cc1. The lowest BCUT2D eigenvalue weighted by Crippen LogP contribution is -2.49. The molecule has 1 heterocycles. The zero-order valence-electron chi connectivity index (χ0n) is 11.7. The summed E-state index contributed by atoms with van der Waals surface area (Å²) >= 11 is 0. The first-order valence-electron chi connectivity index (χ1n) is 6.91. The zero-order chi connectivity index (χ0) is 14.4. The molecule has 0 aromatic heterocycles. The quantitative estimate of drug-likeness (QED) is 0.752. The van der Waals surface area contributed by atoms with Crippen molar-refractivity contribution in [3.8, 4) is 5.75 Å². The molecule has 1 fully saturated rings. The van der Waals surface area contributed by atoms with Crippen LogP contribution in [0, 0.1) is 0 Å². The van der Waals surface area contributed by atoms with E-state index >= 15 is 0 Å². The Balaban J connectivity index is 1.78. The summed E-state index contributed by atoms with van der Waals surface area (Å²) in [5.41, 5.74) is 1.24. The van der Waals surface area contributed by atoms with Crippen LogP contribution >= 0.6 is 0 Å². The highest BCUT2D eigenvalue weighted by Gasteiger charge is 2.20. The summed E-state index contributed by atoms with van der Waals surface area (Å²) in [6.07, 6.45) is 1.81. The molecule has 2 amide bonds. The van der Waals surface area contributed by atoms with Crippen LogP contribution in [0.5, 0.6) is 5.75 Å². The van der Waals surface area contributed by atoms with E-state index in [4.69, 9.17) is 4.74 Å². The third kappa shape index (κ3) is 3.73. The number of ether oxygens (including phenoxy) is 1. The molecule has 1 aliphatic rings. The fraction of sp³-hybridized carbons (Fsp3) is 0.467. The molecular formula is C15H20N2O3. The molecule has 5 nitrogen and oxygen atoms in total. The minimum absolute atomic E-state index is 0.0323. The Bertz CT molecular complexity index is 451. The Morgan fingerprint density at radius 3 is 2.40 bits per heavy atom. The van der Waals surface area contributed by atoms with Gasteiger partial charge in [-0.1, -0.05) is 19.1 Å². The molecule has 1 aliphatic heterocycles. The molecule has 20 heavy (non-hydrogen) atoms. The Kier molecular flexibility index (Phi) is 4.98. The highest BCUT2D eigenvalue weighted by molar-refractivity contribution is 5.78. The largest absolute Gasteiger partial charge is 0.484 e. The first kappa shape index (κ1) is 14.4. The highest BCUT2D eigenvalue weighted by Crippen LogP contribution is 2.12. The maximum Gasteiger partial charge on any atom is 0.260 e. The summed E-state index contributed by atoms with van der Waals surface area (Å²) in [7, 11) is 0. The minimum Gasteiger partial charge on any atom is -0.484 e. The van der Waals surface area contributed by atoms with Crippen molar-refractivity contribution in [3.63, 3.8) is 0 Å². The number of rotatable bonds is 5. The molecule has 2 rings (SSSR count). The van der Waals surface area contributed by atoms with Crippen molar-refractivity contribution in [2.45, 2.75) is 13.3 Å². The van der Waals surface area contributed by atoms with Crippen molar-refractivity contribution in [1.29, 1.82) is 0 Å². The van der Waals surface area contributed by atoms with E-state index in [1.807, 2.05) is 24.3 Å². The van der Waals surface area contributed by atoms with Crippen molar-refractivity contribution in [1.82, 2.24) is 9.80 Å². The van der Waals surface area contributed by atoms with Crippen molar-refractivity contribution >= 4 is 12.3 Å². The van der Waals surface area contributed by atoms with Gasteiger partial charge < -0.3 is 14.5 Å². The summed E-state index contributed by atoms with van der Waals surface area (Å²) in [5, 5.41) is 0. The Morgan fingerprint density at radius 2 is 1.85 bits per heavy atom. The van der Waals surface area contributed by atoms with Crippen LogP contribution in [0.2, 0.25) is 0 Å². The monoisotopic (exact) mass is 276 g/mol. The molecule has 5 heteroatoms. The summed E-state index contributed by atoms with van der Waals surface area (Å²) in [5.74, 6) is 0.678. The maximum atomic E-state index is 12.0. The third-order valence-electron chi connectivity index (χ3n) is 3.51. The van der Waals surface area contributed by atoms with E-state index < -0.39 is 0 Å². The minimum atomic E-state index is -0.0323. The van der Waals surface area contributed by atoms with E-state index in [2.05, 4.69) is 6.92 Å². The van der Waals surface area contributed by atoms with Crippen LogP contribution in [0.3, 0.4) is 0 Å². The van der Waals surface area contributed by atoms with Crippen LogP contribution in [-0.2, 0) is 16.0 Å². The molecule has 0 aliphatic carbocycles. The topological polar surface area (TPSA) is 49.9 Å². The van der Waals surface area contributed by atoms with Gasteiger partial charge in [0.25, 0.3) is 5.91 Å². The molecule has 0 unspecified atom stereocenters.